The van der Waals surface area contributed by atoms with Gasteiger partial charge in [0.05, 0.1) is 23.8 Å². The molecule has 0 unspecified atom stereocenters. The molecule has 0 aliphatic rings. The summed E-state index contributed by atoms with van der Waals surface area (Å²) in [6.07, 6.45) is 1.20. The van der Waals surface area contributed by atoms with Gasteiger partial charge in [-0.3, -0.25) is 13.7 Å². The van der Waals surface area contributed by atoms with Crippen molar-refractivity contribution in [1.29, 1.82) is 0 Å². The van der Waals surface area contributed by atoms with Crippen LogP contribution in [0.25, 0.3) is 26.3 Å². The Labute approximate surface area is 244 Å². The molecule has 0 bridgehead atoms. The van der Waals surface area contributed by atoms with Crippen molar-refractivity contribution >= 4 is 43.9 Å². The zero-order chi connectivity index (χ0) is 30.3. The summed E-state index contributed by atoms with van der Waals surface area (Å²) >= 11 is 1.17. The maximum absolute atomic E-state index is 14.8. The Hall–Kier alpha value is -4.40. The first-order chi connectivity index (χ1) is 20.0. The van der Waals surface area contributed by atoms with Gasteiger partial charge in [-0.15, -0.1) is 11.3 Å². The highest BCUT2D eigenvalue weighted by Gasteiger charge is 2.25. The summed E-state index contributed by atoms with van der Waals surface area (Å²) in [5, 5.41) is 0.209. The number of rotatable bonds is 8. The number of nitrogens with two attached hydrogens (primary N) is 1. The highest BCUT2D eigenvalue weighted by molar-refractivity contribution is 7.74. The maximum atomic E-state index is 14.8. The van der Waals surface area contributed by atoms with E-state index in [0.717, 1.165) is 26.6 Å². The molecule has 2 N–H and O–H groups in total. The van der Waals surface area contributed by atoms with Crippen molar-refractivity contribution in [2.75, 3.05) is 31.2 Å². The van der Waals surface area contributed by atoms with Gasteiger partial charge in [0.1, 0.15) is 22.3 Å². The van der Waals surface area contributed by atoms with Gasteiger partial charge in [0, 0.05) is 29.7 Å². The van der Waals surface area contributed by atoms with Gasteiger partial charge in [-0.05, 0) is 61.6 Å². The molecule has 5 aromatic rings. The minimum Gasteiger partial charge on any atom is -0.399 e. The standard InChI is InChI=1S/C28H26F2N6O4S2/c1-33(2)14-20-24-26(37)36(18-11-12-23(32-13-18)34(3)42(39)40)28(38)35(15-19-21(29)5-4-6-22(19)30)27(24)41-25(20)16-7-9-17(31)10-8-16/h4-13,42H,14-15,31H2,1-3H3. The molecule has 0 radical (unpaired) electrons. The Morgan fingerprint density at radius 3 is 2.19 bits per heavy atom. The molecule has 5 rings (SSSR count). The average molecular weight is 613 g/mol. The van der Waals surface area contributed by atoms with Crippen LogP contribution in [0, 0.1) is 11.6 Å². The number of thiol groups is 1. The second-order valence-corrected chi connectivity index (χ2v) is 11.9. The van der Waals surface area contributed by atoms with Crippen molar-refractivity contribution in [3.05, 3.63) is 104 Å². The van der Waals surface area contributed by atoms with Crippen molar-refractivity contribution in [2.24, 2.45) is 0 Å². The van der Waals surface area contributed by atoms with E-state index in [0.29, 0.717) is 22.7 Å². The van der Waals surface area contributed by atoms with Gasteiger partial charge in [0.25, 0.3) is 5.56 Å². The number of halogens is 2. The molecule has 218 valence electrons. The summed E-state index contributed by atoms with van der Waals surface area (Å²) in [7, 11) is 2.01. The Bertz CT molecular complexity index is 1970. The van der Waals surface area contributed by atoms with E-state index in [1.165, 1.54) is 47.3 Å². The third kappa shape index (κ3) is 5.31. The van der Waals surface area contributed by atoms with E-state index in [4.69, 9.17) is 5.73 Å². The zero-order valence-electron chi connectivity index (χ0n) is 22.7. The Balaban J connectivity index is 1.86. The molecule has 0 amide bonds. The van der Waals surface area contributed by atoms with Crippen molar-refractivity contribution in [1.82, 2.24) is 19.0 Å². The first-order valence-electron chi connectivity index (χ1n) is 12.6. The number of hydrogen-bond donors (Lipinski definition) is 2. The number of thiophene rings is 1. The summed E-state index contributed by atoms with van der Waals surface area (Å²) < 4.78 is 55.4. The van der Waals surface area contributed by atoms with Crippen LogP contribution in [0.3, 0.4) is 0 Å². The van der Waals surface area contributed by atoms with E-state index < -0.39 is 40.3 Å². The van der Waals surface area contributed by atoms with Crippen LogP contribution in [-0.4, -0.2) is 48.6 Å². The molecule has 0 spiro atoms. The van der Waals surface area contributed by atoms with Crippen LogP contribution in [0.1, 0.15) is 11.1 Å². The molecule has 0 aliphatic carbocycles. The van der Waals surface area contributed by atoms with Crippen LogP contribution < -0.4 is 21.3 Å². The monoisotopic (exact) mass is 612 g/mol. The predicted octanol–water partition coefficient (Wildman–Crippen LogP) is 3.21. The third-order valence-corrected chi connectivity index (χ3v) is 8.66. The van der Waals surface area contributed by atoms with E-state index in [9.17, 15) is 26.8 Å². The van der Waals surface area contributed by atoms with Gasteiger partial charge in [0.15, 0.2) is 0 Å². The summed E-state index contributed by atoms with van der Waals surface area (Å²) in [6, 6.07) is 13.2. The molecule has 0 atom stereocenters. The van der Waals surface area contributed by atoms with Gasteiger partial charge in [-0.1, -0.05) is 18.2 Å². The van der Waals surface area contributed by atoms with Crippen molar-refractivity contribution in [3.8, 4) is 16.1 Å². The lowest BCUT2D eigenvalue weighted by Gasteiger charge is -2.15. The largest absolute Gasteiger partial charge is 0.399 e. The average Bonchev–Trinajstić information content (AvgIpc) is 3.31. The molecule has 0 aliphatic heterocycles. The molecular weight excluding hydrogens is 586 g/mol. The van der Waals surface area contributed by atoms with Crippen LogP contribution in [0.4, 0.5) is 20.3 Å². The first kappa shape index (κ1) is 29.1. The molecule has 10 nitrogen and oxygen atoms in total. The van der Waals surface area contributed by atoms with Gasteiger partial charge in [-0.25, -0.2) is 31.5 Å². The van der Waals surface area contributed by atoms with Crippen molar-refractivity contribution < 1.29 is 17.2 Å². The molecule has 14 heteroatoms. The van der Waals surface area contributed by atoms with Crippen molar-refractivity contribution in [3.63, 3.8) is 0 Å². The van der Waals surface area contributed by atoms with Gasteiger partial charge in [0.2, 0.25) is 10.9 Å². The number of hydrogen-bond acceptors (Lipinski definition) is 8. The van der Waals surface area contributed by atoms with E-state index in [2.05, 4.69) is 4.98 Å². The van der Waals surface area contributed by atoms with E-state index in [-0.39, 0.29) is 27.3 Å². The number of benzene rings is 2. The highest BCUT2D eigenvalue weighted by Crippen LogP contribution is 2.38. The molecule has 2 aromatic carbocycles. The number of fused-ring (bicyclic) bond motifs is 1. The fourth-order valence-corrected chi connectivity index (χ4v) is 6.19. The zero-order valence-corrected chi connectivity index (χ0v) is 24.5. The van der Waals surface area contributed by atoms with Crippen LogP contribution in [0.5, 0.6) is 0 Å². The SMILES string of the molecule is CN(C)Cc1c(-c2ccc(N)cc2)sc2c1c(=O)n(-c1ccc(N(C)[SH](=O)=O)nc1)c(=O)n2Cc1c(F)cccc1F. The topological polar surface area (TPSA) is 124 Å². The van der Waals surface area contributed by atoms with Gasteiger partial charge < -0.3 is 10.6 Å². The second kappa shape index (κ2) is 11.5. The quantitative estimate of drug-likeness (QED) is 0.204. The van der Waals surface area contributed by atoms with E-state index >= 15 is 0 Å². The lowest BCUT2D eigenvalue weighted by molar-refractivity contribution is 0.405. The molecular formula is C28H26F2N6O4S2. The van der Waals surface area contributed by atoms with Gasteiger partial charge in [-0.2, -0.15) is 0 Å². The fraction of sp³-hybridized carbons (Fsp3) is 0.179. The minimum absolute atomic E-state index is 0.0592. The number of nitrogens with zero attached hydrogens (tertiary/aromatic N) is 5. The van der Waals surface area contributed by atoms with E-state index in [1.54, 1.807) is 24.3 Å². The summed E-state index contributed by atoms with van der Waals surface area (Å²) in [6.45, 7) is -0.165. The second-order valence-electron chi connectivity index (χ2n) is 9.80. The predicted molar refractivity (Wildman–Crippen MR) is 161 cm³/mol. The maximum Gasteiger partial charge on any atom is 0.337 e. The van der Waals surface area contributed by atoms with Crippen LogP contribution >= 0.6 is 11.3 Å². The molecule has 42 heavy (non-hydrogen) atoms. The van der Waals surface area contributed by atoms with Crippen LogP contribution in [0.2, 0.25) is 0 Å². The van der Waals surface area contributed by atoms with Crippen LogP contribution in [0.15, 0.2) is 70.4 Å². The van der Waals surface area contributed by atoms with E-state index in [1.807, 2.05) is 19.0 Å². The Morgan fingerprint density at radius 1 is 0.952 bits per heavy atom. The summed E-state index contributed by atoms with van der Waals surface area (Å²) in [5.74, 6) is -1.60. The minimum atomic E-state index is -2.96. The molecule has 0 saturated carbocycles. The van der Waals surface area contributed by atoms with Crippen LogP contribution in [-0.2, 0) is 24.0 Å². The summed E-state index contributed by atoms with van der Waals surface area (Å²) in [4.78, 5) is 35.1. The molecule has 0 fully saturated rings. The lowest BCUT2D eigenvalue weighted by atomic mass is 10.1. The first-order valence-corrected chi connectivity index (χ1v) is 14.5. The molecule has 3 aromatic heterocycles. The Kier molecular flexibility index (Phi) is 7.95. The van der Waals surface area contributed by atoms with Crippen molar-refractivity contribution in [2.45, 2.75) is 13.1 Å². The fourth-order valence-electron chi connectivity index (χ4n) is 4.60. The number of nitrogen functional groups attached to an aromatic ring is 1. The smallest absolute Gasteiger partial charge is 0.337 e. The Morgan fingerprint density at radius 2 is 1.62 bits per heavy atom. The van der Waals surface area contributed by atoms with Gasteiger partial charge >= 0.3 is 5.69 Å². The normalized spacial score (nSPS) is 11.6. The number of pyridine rings is 1. The summed E-state index contributed by atoms with van der Waals surface area (Å²) in [5.41, 5.74) is 6.06. The highest BCUT2D eigenvalue weighted by atomic mass is 32.2. The molecule has 3 heterocycles. The third-order valence-electron chi connectivity index (χ3n) is 6.66. The molecule has 0 saturated heterocycles. The lowest BCUT2D eigenvalue weighted by Crippen LogP contribution is -2.39. The number of aromatic nitrogens is 3. The number of anilines is 2.